The molecular weight excluding hydrogens is 250 g/mol. The Morgan fingerprint density at radius 2 is 2.15 bits per heavy atom. The Balaban J connectivity index is 1.48. The lowest BCUT2D eigenvalue weighted by Gasteiger charge is -2.36. The summed E-state index contributed by atoms with van der Waals surface area (Å²) in [5, 5.41) is 6.48. The van der Waals surface area contributed by atoms with Crippen molar-refractivity contribution in [2.75, 3.05) is 26.2 Å². The second kappa shape index (κ2) is 6.37. The molecule has 2 aliphatic heterocycles. The van der Waals surface area contributed by atoms with Crippen LogP contribution in [0.25, 0.3) is 0 Å². The van der Waals surface area contributed by atoms with Crippen LogP contribution in [0.2, 0.25) is 0 Å². The number of hydrogen-bond donors (Lipinski definition) is 2. The second-order valence-electron chi connectivity index (χ2n) is 5.86. The first-order chi connectivity index (χ1) is 9.83. The molecule has 108 valence electrons. The fraction of sp³-hybridized carbons (Fsp3) is 0.562. The molecule has 4 heteroatoms. The topological polar surface area (TPSA) is 44.4 Å². The molecule has 0 saturated carbocycles. The van der Waals surface area contributed by atoms with Crippen LogP contribution in [0.3, 0.4) is 0 Å². The molecule has 0 bridgehead atoms. The van der Waals surface area contributed by atoms with E-state index < -0.39 is 0 Å². The Morgan fingerprint density at radius 3 is 3.00 bits per heavy atom. The number of rotatable bonds is 4. The van der Waals surface area contributed by atoms with E-state index in [4.69, 9.17) is 0 Å². The molecule has 1 aromatic rings. The lowest BCUT2D eigenvalue weighted by molar-refractivity contribution is -0.123. The van der Waals surface area contributed by atoms with Gasteiger partial charge < -0.3 is 10.6 Å². The van der Waals surface area contributed by atoms with Gasteiger partial charge in [0.2, 0.25) is 5.91 Å². The first-order valence-corrected chi connectivity index (χ1v) is 7.58. The van der Waals surface area contributed by atoms with Crippen molar-refractivity contribution in [3.63, 3.8) is 0 Å². The molecule has 2 aliphatic rings. The minimum Gasteiger partial charge on any atom is -0.351 e. The molecule has 2 fully saturated rings. The van der Waals surface area contributed by atoms with Crippen molar-refractivity contribution in [2.45, 2.75) is 25.4 Å². The van der Waals surface area contributed by atoms with E-state index in [-0.39, 0.29) is 5.91 Å². The highest BCUT2D eigenvalue weighted by atomic mass is 16.2. The second-order valence-corrected chi connectivity index (χ2v) is 5.86. The quantitative estimate of drug-likeness (QED) is 0.860. The molecule has 2 heterocycles. The monoisotopic (exact) mass is 273 g/mol. The maximum Gasteiger partial charge on any atom is 0.234 e. The van der Waals surface area contributed by atoms with Crippen LogP contribution in [0, 0.1) is 5.92 Å². The Labute approximate surface area is 120 Å². The summed E-state index contributed by atoms with van der Waals surface area (Å²) >= 11 is 0. The van der Waals surface area contributed by atoms with Gasteiger partial charge in [-0.05, 0) is 37.4 Å². The fourth-order valence-electron chi connectivity index (χ4n) is 3.40. The smallest absolute Gasteiger partial charge is 0.234 e. The van der Waals surface area contributed by atoms with Crippen LogP contribution in [0.5, 0.6) is 0 Å². The zero-order valence-corrected chi connectivity index (χ0v) is 11.8. The highest BCUT2D eigenvalue weighted by molar-refractivity contribution is 5.78. The molecule has 4 nitrogen and oxygen atoms in total. The molecule has 2 unspecified atom stereocenters. The van der Waals surface area contributed by atoms with Gasteiger partial charge in [-0.1, -0.05) is 30.3 Å². The van der Waals surface area contributed by atoms with E-state index >= 15 is 0 Å². The molecule has 20 heavy (non-hydrogen) atoms. The average molecular weight is 273 g/mol. The van der Waals surface area contributed by atoms with Gasteiger partial charge in [-0.15, -0.1) is 0 Å². The third-order valence-electron chi connectivity index (χ3n) is 4.47. The summed E-state index contributed by atoms with van der Waals surface area (Å²) in [6.07, 6.45) is 2.52. The Bertz CT molecular complexity index is 448. The molecule has 0 aliphatic carbocycles. The van der Waals surface area contributed by atoms with Gasteiger partial charge in [0.15, 0.2) is 0 Å². The normalized spacial score (nSPS) is 26.2. The predicted molar refractivity (Wildman–Crippen MR) is 79.2 cm³/mol. The minimum atomic E-state index is 0.140. The van der Waals surface area contributed by atoms with Crippen molar-refractivity contribution in [1.82, 2.24) is 15.5 Å². The van der Waals surface area contributed by atoms with Crippen LogP contribution in [0.1, 0.15) is 18.4 Å². The summed E-state index contributed by atoms with van der Waals surface area (Å²) in [6.45, 7) is 4.38. The average Bonchev–Trinajstić information content (AvgIpc) is 2.96. The number of hydrogen-bond acceptors (Lipinski definition) is 3. The number of amides is 1. The van der Waals surface area contributed by atoms with Crippen LogP contribution in [0.15, 0.2) is 30.3 Å². The van der Waals surface area contributed by atoms with Gasteiger partial charge in [-0.25, -0.2) is 0 Å². The van der Waals surface area contributed by atoms with Crippen LogP contribution >= 0.6 is 0 Å². The Kier molecular flexibility index (Phi) is 4.33. The minimum absolute atomic E-state index is 0.140. The number of carbonyl (C=O) groups excluding carboxylic acids is 1. The molecule has 0 radical (unpaired) electrons. The van der Waals surface area contributed by atoms with E-state index in [1.807, 2.05) is 30.3 Å². The molecule has 2 atom stereocenters. The van der Waals surface area contributed by atoms with Gasteiger partial charge in [0, 0.05) is 19.1 Å². The highest BCUT2D eigenvalue weighted by Crippen LogP contribution is 2.25. The Morgan fingerprint density at radius 1 is 1.30 bits per heavy atom. The van der Waals surface area contributed by atoms with Crippen molar-refractivity contribution in [3.8, 4) is 0 Å². The molecule has 2 saturated heterocycles. The number of nitrogens with one attached hydrogen (secondary N) is 2. The van der Waals surface area contributed by atoms with Crippen LogP contribution in [-0.4, -0.2) is 43.0 Å². The van der Waals surface area contributed by atoms with Crippen molar-refractivity contribution in [3.05, 3.63) is 35.9 Å². The van der Waals surface area contributed by atoms with Gasteiger partial charge in [-0.2, -0.15) is 0 Å². The van der Waals surface area contributed by atoms with Crippen molar-refractivity contribution < 1.29 is 4.79 Å². The molecule has 3 rings (SSSR count). The van der Waals surface area contributed by atoms with Crippen molar-refractivity contribution in [1.29, 1.82) is 0 Å². The molecule has 0 spiro atoms. The van der Waals surface area contributed by atoms with Gasteiger partial charge in [0.25, 0.3) is 0 Å². The Hall–Kier alpha value is -1.39. The maximum atomic E-state index is 12.1. The van der Waals surface area contributed by atoms with E-state index in [1.165, 1.54) is 12.8 Å². The third kappa shape index (κ3) is 3.19. The van der Waals surface area contributed by atoms with E-state index in [1.54, 1.807) is 0 Å². The predicted octanol–water partition coefficient (Wildman–Crippen LogP) is 0.987. The number of likely N-dealkylation sites (tertiary alicyclic amines) is 1. The lowest BCUT2D eigenvalue weighted by atomic mass is 9.92. The first kappa shape index (κ1) is 13.6. The molecule has 2 N–H and O–H groups in total. The zero-order chi connectivity index (χ0) is 13.8. The molecule has 1 aromatic carbocycles. The van der Waals surface area contributed by atoms with Crippen LogP contribution < -0.4 is 10.6 Å². The summed E-state index contributed by atoms with van der Waals surface area (Å²) < 4.78 is 0. The van der Waals surface area contributed by atoms with Gasteiger partial charge in [0.05, 0.1) is 6.54 Å². The number of carbonyl (C=O) groups is 1. The van der Waals surface area contributed by atoms with E-state index in [0.29, 0.717) is 19.1 Å². The summed E-state index contributed by atoms with van der Waals surface area (Å²) in [7, 11) is 0. The largest absolute Gasteiger partial charge is 0.351 e. The third-order valence-corrected chi connectivity index (χ3v) is 4.47. The van der Waals surface area contributed by atoms with Gasteiger partial charge in [0.1, 0.15) is 0 Å². The molecular formula is C16H23N3O. The molecule has 1 amide bonds. The van der Waals surface area contributed by atoms with Crippen LogP contribution in [-0.2, 0) is 11.3 Å². The highest BCUT2D eigenvalue weighted by Gasteiger charge is 2.35. The van der Waals surface area contributed by atoms with Crippen molar-refractivity contribution >= 4 is 5.91 Å². The maximum absolute atomic E-state index is 12.1. The summed E-state index contributed by atoms with van der Waals surface area (Å²) in [5.41, 5.74) is 1.15. The number of piperidine rings is 1. The van der Waals surface area contributed by atoms with E-state index in [2.05, 4.69) is 15.5 Å². The molecule has 0 aromatic heterocycles. The fourth-order valence-corrected chi connectivity index (χ4v) is 3.40. The van der Waals surface area contributed by atoms with E-state index in [0.717, 1.165) is 31.1 Å². The lowest BCUT2D eigenvalue weighted by Crippen LogP contribution is -2.49. The van der Waals surface area contributed by atoms with E-state index in [9.17, 15) is 4.79 Å². The summed E-state index contributed by atoms with van der Waals surface area (Å²) in [4.78, 5) is 14.5. The number of benzene rings is 1. The van der Waals surface area contributed by atoms with Crippen LogP contribution in [0.4, 0.5) is 0 Å². The van der Waals surface area contributed by atoms with Gasteiger partial charge >= 0.3 is 0 Å². The standard InChI is InChI=1S/C16H23N3O/c20-16(18-9-13-5-2-1-3-6-13)12-19-8-4-7-14-10-17-11-15(14)19/h1-3,5-6,14-15,17H,4,7-12H2,(H,18,20). The SMILES string of the molecule is O=C(CN1CCCC2CNCC21)NCc1ccccc1. The first-order valence-electron chi connectivity index (χ1n) is 7.58. The van der Waals surface area contributed by atoms with Gasteiger partial charge in [-0.3, -0.25) is 9.69 Å². The summed E-state index contributed by atoms with van der Waals surface area (Å²) in [6, 6.07) is 10.6. The zero-order valence-electron chi connectivity index (χ0n) is 11.8. The number of nitrogens with zero attached hydrogens (tertiary/aromatic N) is 1. The number of fused-ring (bicyclic) bond motifs is 1. The van der Waals surface area contributed by atoms with Crippen molar-refractivity contribution in [2.24, 2.45) is 5.92 Å². The summed E-state index contributed by atoms with van der Waals surface area (Å²) in [5.74, 6) is 0.882.